The maximum Gasteiger partial charge on any atom is 0.273 e. The molecule has 0 spiro atoms. The molecule has 192 valence electrons. The second-order valence-corrected chi connectivity index (χ2v) is 9.68. The van der Waals surface area contributed by atoms with Crippen LogP contribution in [-0.2, 0) is 0 Å². The van der Waals surface area contributed by atoms with Crippen molar-refractivity contribution in [2.45, 2.75) is 40.2 Å². The van der Waals surface area contributed by atoms with Crippen molar-refractivity contribution in [1.82, 2.24) is 15.1 Å². The lowest BCUT2D eigenvalue weighted by atomic mass is 9.95. The van der Waals surface area contributed by atoms with Crippen LogP contribution in [0.3, 0.4) is 0 Å². The molecular weight excluding hydrogens is 482 g/mol. The molecule has 1 atom stereocenters. The van der Waals surface area contributed by atoms with Crippen LogP contribution in [0.15, 0.2) is 30.3 Å². The number of carbonyl (C=O) groups is 1. The first kappa shape index (κ1) is 25.9. The van der Waals surface area contributed by atoms with Gasteiger partial charge in [-0.05, 0) is 61.6 Å². The maximum absolute atomic E-state index is 13.3. The Morgan fingerprint density at radius 3 is 2.67 bits per heavy atom. The highest BCUT2D eigenvalue weighted by Crippen LogP contribution is 2.46. The van der Waals surface area contributed by atoms with Crippen molar-refractivity contribution in [2.24, 2.45) is 5.92 Å². The quantitative estimate of drug-likeness (QED) is 0.348. The van der Waals surface area contributed by atoms with Crippen LogP contribution in [0.25, 0.3) is 11.3 Å². The van der Waals surface area contributed by atoms with Crippen molar-refractivity contribution in [3.8, 4) is 28.5 Å². The topological polar surface area (TPSA) is 108 Å². The smallest absolute Gasteiger partial charge is 0.273 e. The van der Waals surface area contributed by atoms with E-state index in [1.807, 2.05) is 25.1 Å². The maximum atomic E-state index is 13.3. The highest BCUT2D eigenvalue weighted by Gasteiger charge is 2.42. The number of H-pyrrole nitrogens is 1. The van der Waals surface area contributed by atoms with Gasteiger partial charge in [-0.1, -0.05) is 31.5 Å². The summed E-state index contributed by atoms with van der Waals surface area (Å²) < 4.78 is 11.9. The number of carbonyl (C=O) groups excluding carboxylic acids is 1. The summed E-state index contributed by atoms with van der Waals surface area (Å²) in [7, 11) is 0. The van der Waals surface area contributed by atoms with E-state index < -0.39 is 6.04 Å². The van der Waals surface area contributed by atoms with Gasteiger partial charge in [-0.3, -0.25) is 9.89 Å². The lowest BCUT2D eigenvalue weighted by Crippen LogP contribution is -2.32. The molecule has 0 radical (unpaired) electrons. The molecule has 1 unspecified atom stereocenters. The summed E-state index contributed by atoms with van der Waals surface area (Å²) in [5, 5.41) is 28.1. The summed E-state index contributed by atoms with van der Waals surface area (Å²) in [6, 6.07) is 8.27. The molecule has 3 aromatic rings. The van der Waals surface area contributed by atoms with Gasteiger partial charge in [0.1, 0.15) is 17.1 Å². The minimum atomic E-state index is -0.559. The van der Waals surface area contributed by atoms with Gasteiger partial charge in [0, 0.05) is 22.7 Å². The van der Waals surface area contributed by atoms with E-state index in [0.717, 1.165) is 17.5 Å². The van der Waals surface area contributed by atoms with Crippen LogP contribution in [0.4, 0.5) is 0 Å². The molecule has 1 aliphatic heterocycles. The number of nitrogens with one attached hydrogen (secondary N) is 1. The van der Waals surface area contributed by atoms with Crippen LogP contribution >= 0.6 is 11.6 Å². The zero-order chi connectivity index (χ0) is 26.0. The van der Waals surface area contributed by atoms with Gasteiger partial charge < -0.3 is 24.6 Å². The zero-order valence-corrected chi connectivity index (χ0v) is 21.7. The summed E-state index contributed by atoms with van der Waals surface area (Å²) in [5.41, 5.74) is 3.28. The number of nitrogens with zero attached hydrogens (tertiary/aromatic N) is 2. The summed E-state index contributed by atoms with van der Waals surface area (Å²) >= 11 is 6.36. The highest BCUT2D eigenvalue weighted by atomic mass is 35.5. The molecule has 36 heavy (non-hydrogen) atoms. The SMILES string of the molecule is CCOc1cc(C2c3c(-c4cc(Cl)c(C)cc4O)n[nH]c3C(=O)N2CCO)ccc1OCCC(C)C. The van der Waals surface area contributed by atoms with Crippen molar-refractivity contribution in [2.75, 3.05) is 26.4 Å². The first-order valence-corrected chi connectivity index (χ1v) is 12.5. The predicted molar refractivity (Wildman–Crippen MR) is 138 cm³/mol. The number of halogens is 1. The molecule has 0 fully saturated rings. The Morgan fingerprint density at radius 2 is 1.97 bits per heavy atom. The van der Waals surface area contributed by atoms with E-state index in [4.69, 9.17) is 21.1 Å². The largest absolute Gasteiger partial charge is 0.507 e. The van der Waals surface area contributed by atoms with E-state index >= 15 is 0 Å². The molecular formula is C27H32ClN3O5. The van der Waals surface area contributed by atoms with Gasteiger partial charge in [0.15, 0.2) is 11.5 Å². The average Bonchev–Trinajstić information content (AvgIpc) is 3.37. The van der Waals surface area contributed by atoms with Gasteiger partial charge >= 0.3 is 0 Å². The number of phenols is 1. The van der Waals surface area contributed by atoms with Crippen molar-refractivity contribution >= 4 is 17.5 Å². The number of aromatic nitrogens is 2. The first-order chi connectivity index (χ1) is 17.3. The van der Waals surface area contributed by atoms with Gasteiger partial charge in [-0.2, -0.15) is 5.10 Å². The zero-order valence-electron chi connectivity index (χ0n) is 21.0. The summed E-state index contributed by atoms with van der Waals surface area (Å²) in [5.74, 6) is 1.46. The summed E-state index contributed by atoms with van der Waals surface area (Å²) in [4.78, 5) is 14.9. The Kier molecular flexibility index (Phi) is 7.76. The standard InChI is InChI=1S/C27H32ClN3O5/c1-5-35-22-13-17(6-7-21(22)36-11-8-15(2)3)26-23-24(18-14-19(28)16(4)12-20(18)33)29-30-25(23)27(34)31(26)9-10-32/h6-7,12-15,26,32-33H,5,8-11H2,1-4H3,(H,29,30). The van der Waals surface area contributed by atoms with Gasteiger partial charge in [-0.15, -0.1) is 0 Å². The van der Waals surface area contributed by atoms with Crippen molar-refractivity contribution in [1.29, 1.82) is 0 Å². The number of aliphatic hydroxyl groups excluding tert-OH is 1. The predicted octanol–water partition coefficient (Wildman–Crippen LogP) is 5.11. The van der Waals surface area contributed by atoms with E-state index in [0.29, 0.717) is 58.2 Å². The average molecular weight is 514 g/mol. The fourth-order valence-corrected chi connectivity index (χ4v) is 4.59. The van der Waals surface area contributed by atoms with Gasteiger partial charge in [0.05, 0.1) is 25.9 Å². The molecule has 0 aliphatic carbocycles. The molecule has 0 bridgehead atoms. The molecule has 2 heterocycles. The second-order valence-electron chi connectivity index (χ2n) is 9.27. The molecule has 0 saturated heterocycles. The van der Waals surface area contributed by atoms with E-state index in [1.54, 1.807) is 24.0 Å². The number of hydrogen-bond donors (Lipinski definition) is 3. The van der Waals surface area contributed by atoms with Crippen LogP contribution in [0.5, 0.6) is 17.2 Å². The number of benzene rings is 2. The molecule has 2 aromatic carbocycles. The molecule has 4 rings (SSSR count). The third-order valence-corrected chi connectivity index (χ3v) is 6.68. The molecule has 9 heteroatoms. The van der Waals surface area contributed by atoms with E-state index in [-0.39, 0.29) is 24.8 Å². The number of aromatic hydroxyl groups is 1. The molecule has 1 aromatic heterocycles. The van der Waals surface area contributed by atoms with Gasteiger partial charge in [-0.25, -0.2) is 0 Å². The minimum absolute atomic E-state index is 0.0157. The molecule has 1 aliphatic rings. The highest BCUT2D eigenvalue weighted by molar-refractivity contribution is 6.31. The Labute approximate surface area is 215 Å². The third kappa shape index (κ3) is 4.88. The first-order valence-electron chi connectivity index (χ1n) is 12.2. The number of aryl methyl sites for hydroxylation is 1. The number of hydrogen-bond acceptors (Lipinski definition) is 6. The Hall–Kier alpha value is -3.23. The van der Waals surface area contributed by atoms with Crippen molar-refractivity contribution in [3.05, 3.63) is 57.7 Å². The summed E-state index contributed by atoms with van der Waals surface area (Å²) in [6.07, 6.45) is 0.916. The number of amides is 1. The van der Waals surface area contributed by atoms with Crippen molar-refractivity contribution < 1.29 is 24.5 Å². The van der Waals surface area contributed by atoms with Crippen LogP contribution < -0.4 is 9.47 Å². The Bertz CT molecular complexity index is 1260. The van der Waals surface area contributed by atoms with E-state index in [9.17, 15) is 15.0 Å². The normalized spacial score (nSPS) is 15.0. The molecule has 1 amide bonds. The third-order valence-electron chi connectivity index (χ3n) is 6.27. The number of ether oxygens (including phenoxy) is 2. The van der Waals surface area contributed by atoms with Crippen LogP contribution in [0.2, 0.25) is 5.02 Å². The second kappa shape index (κ2) is 10.8. The van der Waals surface area contributed by atoms with Gasteiger partial charge in [0.2, 0.25) is 0 Å². The van der Waals surface area contributed by atoms with Crippen LogP contribution in [-0.4, -0.2) is 57.6 Å². The lowest BCUT2D eigenvalue weighted by Gasteiger charge is -2.26. The molecule has 3 N–H and O–H groups in total. The fourth-order valence-electron chi connectivity index (χ4n) is 4.43. The minimum Gasteiger partial charge on any atom is -0.507 e. The number of phenolic OH excluding ortho intramolecular Hbond substituents is 1. The molecule has 0 saturated carbocycles. The number of aromatic amines is 1. The van der Waals surface area contributed by atoms with E-state index in [1.165, 1.54) is 0 Å². The van der Waals surface area contributed by atoms with Crippen molar-refractivity contribution in [3.63, 3.8) is 0 Å². The Balaban J connectivity index is 1.81. The van der Waals surface area contributed by atoms with Crippen LogP contribution in [0, 0.1) is 12.8 Å². The van der Waals surface area contributed by atoms with Crippen LogP contribution in [0.1, 0.15) is 60.4 Å². The number of rotatable bonds is 10. The van der Waals surface area contributed by atoms with E-state index in [2.05, 4.69) is 24.0 Å². The molecule has 8 nitrogen and oxygen atoms in total. The summed E-state index contributed by atoms with van der Waals surface area (Å²) in [6.45, 7) is 8.93. The fraction of sp³-hybridized carbons (Fsp3) is 0.407. The number of fused-ring (bicyclic) bond motifs is 1. The number of β-amino-alcohol motifs (C(OH)–C–C–N with tert-alkyl or cyclic N) is 1. The monoisotopic (exact) mass is 513 g/mol. The number of aliphatic hydroxyl groups is 1. The Morgan fingerprint density at radius 1 is 1.19 bits per heavy atom. The lowest BCUT2D eigenvalue weighted by molar-refractivity contribution is 0.0706. The van der Waals surface area contributed by atoms with Gasteiger partial charge in [0.25, 0.3) is 5.91 Å².